The summed E-state index contributed by atoms with van der Waals surface area (Å²) < 4.78 is 6.55. The number of furan rings is 1. The van der Waals surface area contributed by atoms with E-state index in [9.17, 15) is 0 Å². The molecule has 0 aliphatic rings. The Kier molecular flexibility index (Phi) is 7.43. The van der Waals surface area contributed by atoms with Gasteiger partial charge in [0.1, 0.15) is 11.2 Å². The molecule has 248 valence electrons. The first-order chi connectivity index (χ1) is 26.2. The number of benzene rings is 7. The number of rotatable bonds is 6. The van der Waals surface area contributed by atoms with Crippen LogP contribution in [0.5, 0.6) is 0 Å². The van der Waals surface area contributed by atoms with Crippen LogP contribution < -0.4 is 0 Å². The molecule has 0 unspecified atom stereocenters. The summed E-state index contributed by atoms with van der Waals surface area (Å²) in [4.78, 5) is 14.7. The van der Waals surface area contributed by atoms with Gasteiger partial charge < -0.3 is 4.42 Å². The summed E-state index contributed by atoms with van der Waals surface area (Å²) in [5.74, 6) is 0.673. The molecule has 0 saturated carbocycles. The van der Waals surface area contributed by atoms with Crippen LogP contribution >= 0.6 is 0 Å². The summed E-state index contributed by atoms with van der Waals surface area (Å²) in [5.41, 5.74) is 12.9. The van der Waals surface area contributed by atoms with Crippen LogP contribution in [0.2, 0.25) is 0 Å². The Morgan fingerprint density at radius 3 is 1.91 bits per heavy atom. The smallest absolute Gasteiger partial charge is 0.160 e. The Balaban J connectivity index is 1.19. The minimum absolute atomic E-state index is 0.673. The molecule has 10 aromatic rings. The molecule has 3 heterocycles. The molecular weight excluding hydrogens is 647 g/mol. The highest BCUT2D eigenvalue weighted by Gasteiger charge is 2.17. The molecule has 0 fully saturated rings. The minimum atomic E-state index is 0.673. The van der Waals surface area contributed by atoms with Crippen molar-refractivity contribution in [1.82, 2.24) is 15.0 Å². The van der Waals surface area contributed by atoms with Crippen LogP contribution in [-0.4, -0.2) is 15.0 Å². The van der Waals surface area contributed by atoms with Crippen LogP contribution in [0.3, 0.4) is 0 Å². The van der Waals surface area contributed by atoms with Crippen molar-refractivity contribution in [1.29, 1.82) is 0 Å². The summed E-state index contributed by atoms with van der Waals surface area (Å²) in [5, 5.41) is 4.61. The average Bonchev–Trinajstić information content (AvgIpc) is 3.63. The fraction of sp³-hybridized carbons (Fsp3) is 0. The van der Waals surface area contributed by atoms with Crippen molar-refractivity contribution < 1.29 is 4.42 Å². The van der Waals surface area contributed by atoms with Crippen LogP contribution in [0.4, 0.5) is 0 Å². The third-order valence-electron chi connectivity index (χ3n) is 9.96. The lowest BCUT2D eigenvalue weighted by Crippen LogP contribution is -1.96. The number of para-hydroxylation sites is 2. The lowest BCUT2D eigenvalue weighted by Gasteiger charge is -2.14. The van der Waals surface area contributed by atoms with Gasteiger partial charge in [0.25, 0.3) is 0 Å². The summed E-state index contributed by atoms with van der Waals surface area (Å²) in [6.45, 7) is 0. The van der Waals surface area contributed by atoms with Crippen molar-refractivity contribution in [3.05, 3.63) is 188 Å². The zero-order chi connectivity index (χ0) is 35.1. The van der Waals surface area contributed by atoms with E-state index in [4.69, 9.17) is 14.4 Å². The molecule has 0 atom stereocenters. The molecule has 10 rings (SSSR count). The van der Waals surface area contributed by atoms with Gasteiger partial charge in [0.2, 0.25) is 0 Å². The largest absolute Gasteiger partial charge is 0.455 e. The van der Waals surface area contributed by atoms with Gasteiger partial charge in [-0.25, -0.2) is 9.97 Å². The zero-order valence-electron chi connectivity index (χ0n) is 28.6. The number of fused-ring (bicyclic) bond motifs is 4. The van der Waals surface area contributed by atoms with Gasteiger partial charge in [0.15, 0.2) is 5.82 Å². The molecule has 0 spiro atoms. The van der Waals surface area contributed by atoms with E-state index in [0.717, 1.165) is 83.4 Å². The van der Waals surface area contributed by atoms with Gasteiger partial charge in [-0.3, -0.25) is 4.98 Å². The SMILES string of the molecule is c1ccc(-c2nc(-c3ccc(-c4cccnc4)cc3)cc(-c3cc(-c4ccc5ccccc5c4)cc(-c4cccc5c4oc4ccccc45)c3)n2)cc1. The predicted molar refractivity (Wildman–Crippen MR) is 217 cm³/mol. The topological polar surface area (TPSA) is 51.8 Å². The highest BCUT2D eigenvalue weighted by molar-refractivity contribution is 6.10. The van der Waals surface area contributed by atoms with Gasteiger partial charge in [0, 0.05) is 45.4 Å². The first-order valence-corrected chi connectivity index (χ1v) is 17.7. The monoisotopic (exact) mass is 677 g/mol. The molecule has 53 heavy (non-hydrogen) atoms. The maximum atomic E-state index is 6.55. The average molecular weight is 678 g/mol. The normalized spacial score (nSPS) is 11.4. The van der Waals surface area contributed by atoms with E-state index in [0.29, 0.717) is 5.82 Å². The highest BCUT2D eigenvalue weighted by Crippen LogP contribution is 2.40. The Morgan fingerprint density at radius 1 is 0.377 bits per heavy atom. The molecule has 3 aromatic heterocycles. The first-order valence-electron chi connectivity index (χ1n) is 17.7. The van der Waals surface area contributed by atoms with Crippen LogP contribution in [0.25, 0.3) is 100.0 Å². The van der Waals surface area contributed by atoms with Gasteiger partial charge in [0.05, 0.1) is 11.4 Å². The second kappa shape index (κ2) is 12.9. The van der Waals surface area contributed by atoms with Crippen molar-refractivity contribution in [3.63, 3.8) is 0 Å². The van der Waals surface area contributed by atoms with E-state index in [-0.39, 0.29) is 0 Å². The molecule has 0 aliphatic heterocycles. The van der Waals surface area contributed by atoms with E-state index >= 15 is 0 Å². The van der Waals surface area contributed by atoms with Crippen molar-refractivity contribution in [2.75, 3.05) is 0 Å². The Labute approximate surface area is 306 Å². The van der Waals surface area contributed by atoms with Crippen LogP contribution in [0, 0.1) is 0 Å². The van der Waals surface area contributed by atoms with E-state index in [2.05, 4.69) is 145 Å². The van der Waals surface area contributed by atoms with Gasteiger partial charge in [-0.15, -0.1) is 0 Å². The summed E-state index contributed by atoms with van der Waals surface area (Å²) in [7, 11) is 0. The molecule has 0 N–H and O–H groups in total. The zero-order valence-corrected chi connectivity index (χ0v) is 28.6. The van der Waals surface area contributed by atoms with E-state index in [1.165, 1.54) is 10.8 Å². The third-order valence-corrected chi connectivity index (χ3v) is 9.96. The lowest BCUT2D eigenvalue weighted by atomic mass is 9.93. The lowest BCUT2D eigenvalue weighted by molar-refractivity contribution is 0.670. The third kappa shape index (κ3) is 5.73. The maximum absolute atomic E-state index is 6.55. The molecule has 0 amide bonds. The standard InChI is InChI=1S/C49H31N3O/c1-2-11-35(12-3-1)49-51-45(34-22-19-33(20-23-34)38-14-9-25-50-31-38)30-46(52-49)41-28-39(37-24-21-32-10-4-5-13-36(32)26-37)27-40(29-41)42-16-8-17-44-43-15-6-7-18-47(43)53-48(42)44/h1-31H. The molecule has 4 heteroatoms. The van der Waals surface area contributed by atoms with E-state index in [1.807, 2.05) is 42.6 Å². The van der Waals surface area contributed by atoms with Gasteiger partial charge in [-0.2, -0.15) is 0 Å². The summed E-state index contributed by atoms with van der Waals surface area (Å²) in [6.07, 6.45) is 3.68. The maximum Gasteiger partial charge on any atom is 0.160 e. The molecule has 0 radical (unpaired) electrons. The summed E-state index contributed by atoms with van der Waals surface area (Å²) >= 11 is 0. The Bertz CT molecular complexity index is 2930. The second-order valence-electron chi connectivity index (χ2n) is 13.3. The molecule has 4 nitrogen and oxygen atoms in total. The molecule has 0 saturated heterocycles. The predicted octanol–water partition coefficient (Wildman–Crippen LogP) is 12.9. The summed E-state index contributed by atoms with van der Waals surface area (Å²) in [6, 6.07) is 61.4. The number of aromatic nitrogens is 3. The van der Waals surface area contributed by atoms with Crippen molar-refractivity contribution >= 4 is 32.7 Å². The first kappa shape index (κ1) is 30.6. The molecular formula is C49H31N3O. The van der Waals surface area contributed by atoms with Gasteiger partial charge in [-0.1, -0.05) is 133 Å². The van der Waals surface area contributed by atoms with Crippen LogP contribution in [0.1, 0.15) is 0 Å². The fourth-order valence-corrected chi connectivity index (χ4v) is 7.27. The van der Waals surface area contributed by atoms with Crippen molar-refractivity contribution in [3.8, 4) is 67.3 Å². The van der Waals surface area contributed by atoms with Crippen LogP contribution in [-0.2, 0) is 0 Å². The molecule has 0 aliphatic carbocycles. The number of nitrogens with zero attached hydrogens (tertiary/aromatic N) is 3. The Morgan fingerprint density at radius 2 is 1.06 bits per heavy atom. The minimum Gasteiger partial charge on any atom is -0.455 e. The van der Waals surface area contributed by atoms with Crippen molar-refractivity contribution in [2.45, 2.75) is 0 Å². The second-order valence-corrected chi connectivity index (χ2v) is 13.3. The quantitative estimate of drug-likeness (QED) is 0.176. The molecule has 0 bridgehead atoms. The Hall–Kier alpha value is -7.17. The van der Waals surface area contributed by atoms with E-state index < -0.39 is 0 Å². The van der Waals surface area contributed by atoms with Gasteiger partial charge in [-0.05, 0) is 81.1 Å². The highest BCUT2D eigenvalue weighted by atomic mass is 16.3. The number of pyridine rings is 1. The molecule has 7 aromatic carbocycles. The van der Waals surface area contributed by atoms with Gasteiger partial charge >= 0.3 is 0 Å². The van der Waals surface area contributed by atoms with Crippen molar-refractivity contribution in [2.24, 2.45) is 0 Å². The van der Waals surface area contributed by atoms with E-state index in [1.54, 1.807) is 6.20 Å². The number of hydrogen-bond acceptors (Lipinski definition) is 4. The van der Waals surface area contributed by atoms with Crippen LogP contribution in [0.15, 0.2) is 193 Å². The fourth-order valence-electron chi connectivity index (χ4n) is 7.27. The number of hydrogen-bond donors (Lipinski definition) is 0.